The summed E-state index contributed by atoms with van der Waals surface area (Å²) in [5.74, 6) is -0.595. The lowest BCUT2D eigenvalue weighted by Crippen LogP contribution is -2.52. The van der Waals surface area contributed by atoms with Gasteiger partial charge in [-0.05, 0) is 76.2 Å². The van der Waals surface area contributed by atoms with Crippen molar-refractivity contribution >= 4 is 20.6 Å². The van der Waals surface area contributed by atoms with Crippen molar-refractivity contribution in [3.8, 4) is 0 Å². The summed E-state index contributed by atoms with van der Waals surface area (Å²) in [6.07, 6.45) is -1.42. The molecule has 1 amide bonds. The first-order valence-electron chi connectivity index (χ1n) is 10.00. The van der Waals surface area contributed by atoms with Gasteiger partial charge < -0.3 is 23.8 Å². The van der Waals surface area contributed by atoms with E-state index in [0.717, 1.165) is 0 Å². The average Bonchev–Trinajstić information content (AvgIpc) is 2.47. The number of carbonyl (C=O) groups is 2. The van der Waals surface area contributed by atoms with Crippen LogP contribution in [0.3, 0.4) is 0 Å². The molecule has 0 saturated carbocycles. The molecule has 172 valence electrons. The largest absolute Gasteiger partial charge is 0.458 e. The van der Waals surface area contributed by atoms with Gasteiger partial charge in [-0.3, -0.25) is 0 Å². The summed E-state index contributed by atoms with van der Waals surface area (Å²) in [6, 6.07) is -0.704. The van der Waals surface area contributed by atoms with E-state index in [-0.39, 0.29) is 12.1 Å². The Kier molecular flexibility index (Phi) is 11.1. The van der Waals surface area contributed by atoms with Crippen LogP contribution in [0.1, 0.15) is 76.2 Å². The summed E-state index contributed by atoms with van der Waals surface area (Å²) in [7, 11) is 0.121. The van der Waals surface area contributed by atoms with Gasteiger partial charge in [0.2, 0.25) is 0 Å². The zero-order chi connectivity index (χ0) is 23.2. The Morgan fingerprint density at radius 1 is 0.862 bits per heavy atom. The molecule has 29 heavy (non-hydrogen) atoms. The third-order valence-electron chi connectivity index (χ3n) is 3.46. The first-order valence-corrected chi connectivity index (χ1v) is 11.1. The first-order chi connectivity index (χ1) is 13.0. The zero-order valence-corrected chi connectivity index (χ0v) is 21.0. The summed E-state index contributed by atoms with van der Waals surface area (Å²) in [5, 5.41) is 2.60. The molecule has 9 heteroatoms. The van der Waals surface area contributed by atoms with Crippen molar-refractivity contribution in [2.75, 3.05) is 7.11 Å². The number of hydrogen-bond acceptors (Lipinski definition) is 7. The Hall–Kier alpha value is -0.950. The number of nitrogens with zero attached hydrogens (tertiary/aromatic N) is 1. The van der Waals surface area contributed by atoms with E-state index in [9.17, 15) is 9.59 Å². The van der Waals surface area contributed by atoms with Gasteiger partial charge in [0.1, 0.15) is 11.2 Å². The normalized spacial score (nSPS) is 16.0. The number of hydrogen-bond donors (Lipinski definition) is 1. The van der Waals surface area contributed by atoms with Crippen molar-refractivity contribution in [2.24, 2.45) is 0 Å². The van der Waals surface area contributed by atoms with Crippen molar-refractivity contribution in [3.63, 3.8) is 0 Å². The summed E-state index contributed by atoms with van der Waals surface area (Å²) in [5.41, 5.74) is -1.41. The van der Waals surface area contributed by atoms with Crippen LogP contribution >= 0.6 is 8.53 Å². The number of ether oxygens (including phenoxy) is 2. The van der Waals surface area contributed by atoms with E-state index in [0.29, 0.717) is 0 Å². The molecule has 1 unspecified atom stereocenters. The molecule has 0 spiro atoms. The van der Waals surface area contributed by atoms with Gasteiger partial charge in [-0.2, -0.15) is 0 Å². The maximum absolute atomic E-state index is 12.8. The quantitative estimate of drug-likeness (QED) is 0.417. The molecule has 3 atom stereocenters. The van der Waals surface area contributed by atoms with Gasteiger partial charge in [0.25, 0.3) is 8.53 Å². The summed E-state index contributed by atoms with van der Waals surface area (Å²) < 4.78 is 24.6. The van der Waals surface area contributed by atoms with Crippen LogP contribution in [0, 0.1) is 0 Å². The Balaban J connectivity index is 5.56. The average molecular weight is 437 g/mol. The van der Waals surface area contributed by atoms with Gasteiger partial charge in [-0.1, -0.05) is 0 Å². The predicted molar refractivity (Wildman–Crippen MR) is 116 cm³/mol. The van der Waals surface area contributed by atoms with Gasteiger partial charge in [-0.25, -0.2) is 14.3 Å². The van der Waals surface area contributed by atoms with Gasteiger partial charge in [0.15, 0.2) is 6.04 Å². The highest BCUT2D eigenvalue weighted by Crippen LogP contribution is 2.46. The number of carbonyl (C=O) groups excluding carboxylic acids is 2. The second-order valence-electron chi connectivity index (χ2n) is 9.46. The fourth-order valence-electron chi connectivity index (χ4n) is 2.54. The van der Waals surface area contributed by atoms with Crippen LogP contribution < -0.4 is 5.32 Å². The van der Waals surface area contributed by atoms with Crippen LogP contribution in [-0.2, 0) is 23.3 Å². The number of nitrogens with one attached hydrogen (secondary N) is 1. The smallest absolute Gasteiger partial charge is 0.408 e. The number of esters is 1. The zero-order valence-electron chi connectivity index (χ0n) is 20.2. The monoisotopic (exact) mass is 436 g/mol. The minimum Gasteiger partial charge on any atom is -0.458 e. The van der Waals surface area contributed by atoms with Crippen molar-refractivity contribution in [1.82, 2.24) is 9.99 Å². The molecule has 0 aromatic rings. The van der Waals surface area contributed by atoms with Crippen LogP contribution in [0.4, 0.5) is 4.79 Å². The van der Waals surface area contributed by atoms with Crippen molar-refractivity contribution in [1.29, 1.82) is 0 Å². The highest BCUT2D eigenvalue weighted by atomic mass is 31.2. The van der Waals surface area contributed by atoms with Gasteiger partial charge in [-0.15, -0.1) is 0 Å². The minimum absolute atomic E-state index is 0.173. The van der Waals surface area contributed by atoms with E-state index in [2.05, 4.69) is 9.99 Å². The summed E-state index contributed by atoms with van der Waals surface area (Å²) in [6.45, 7) is 20.5. The topological polar surface area (TPSA) is 86.3 Å². The molecule has 0 aliphatic rings. The van der Waals surface area contributed by atoms with Crippen molar-refractivity contribution < 1.29 is 28.1 Å². The van der Waals surface area contributed by atoms with Crippen LogP contribution in [0.2, 0.25) is 0 Å². The predicted octanol–water partition coefficient (Wildman–Crippen LogP) is 4.62. The van der Waals surface area contributed by atoms with Crippen LogP contribution in [0.5, 0.6) is 0 Å². The Morgan fingerprint density at radius 3 is 1.66 bits per heavy atom. The molecule has 0 aromatic heterocycles. The number of rotatable bonds is 9. The molecule has 1 N–H and O–H groups in total. The first kappa shape index (κ1) is 28.1. The summed E-state index contributed by atoms with van der Waals surface area (Å²) in [4.78, 5) is 25.1. The van der Waals surface area contributed by atoms with E-state index < -0.39 is 43.9 Å². The van der Waals surface area contributed by atoms with E-state index in [1.54, 1.807) is 55.6 Å². The number of alkyl carbamates (subject to hydrolysis) is 1. The maximum atomic E-state index is 12.8. The van der Waals surface area contributed by atoms with Crippen molar-refractivity contribution in [2.45, 2.75) is 112 Å². The highest BCUT2D eigenvalue weighted by Gasteiger charge is 2.37. The molecule has 0 aliphatic carbocycles. The molecule has 0 aromatic carbocycles. The molecule has 0 radical (unpaired) electrons. The fourth-order valence-corrected chi connectivity index (χ4v) is 4.08. The second-order valence-corrected chi connectivity index (χ2v) is 11.0. The lowest BCUT2D eigenvalue weighted by Gasteiger charge is -2.37. The SMILES string of the molecule is COP(O[C@H](C)[C@H](NC(=O)OC(C)(C)C)C(=O)OC(C)(C)C)N(C(C)C)C(C)C. The third kappa shape index (κ3) is 11.1. The second kappa shape index (κ2) is 11.4. The molecule has 0 bridgehead atoms. The third-order valence-corrected chi connectivity index (χ3v) is 5.59. The van der Waals surface area contributed by atoms with E-state index in [1.807, 2.05) is 27.7 Å². The maximum Gasteiger partial charge on any atom is 0.408 e. The standard InChI is InChI=1S/C20H41N2O6P/c1-13(2)22(14(3)4)29(25-12)28-15(5)16(17(23)26-19(6,7)8)21-18(24)27-20(9,10)11/h13-16H,1-12H3,(H,21,24)/t15-,16+,29?/m1/s1. The fraction of sp³-hybridized carbons (Fsp3) is 0.900. The molecule has 0 heterocycles. The molecular formula is C20H41N2O6P. The van der Waals surface area contributed by atoms with Crippen LogP contribution in [0.15, 0.2) is 0 Å². The van der Waals surface area contributed by atoms with E-state index in [4.69, 9.17) is 18.5 Å². The highest BCUT2D eigenvalue weighted by molar-refractivity contribution is 7.44. The molecule has 8 nitrogen and oxygen atoms in total. The lowest BCUT2D eigenvalue weighted by molar-refractivity contribution is -0.159. The minimum atomic E-state index is -1.45. The lowest BCUT2D eigenvalue weighted by atomic mass is 10.1. The molecule has 0 rings (SSSR count). The number of amides is 1. The van der Waals surface area contributed by atoms with Crippen molar-refractivity contribution in [3.05, 3.63) is 0 Å². The van der Waals surface area contributed by atoms with Gasteiger partial charge >= 0.3 is 12.1 Å². The molecule has 0 saturated heterocycles. The van der Waals surface area contributed by atoms with E-state index >= 15 is 0 Å². The molecule has 0 aliphatic heterocycles. The van der Waals surface area contributed by atoms with E-state index in [1.165, 1.54) is 0 Å². The summed E-state index contributed by atoms with van der Waals surface area (Å²) >= 11 is 0. The van der Waals surface area contributed by atoms with Gasteiger partial charge in [0, 0.05) is 19.2 Å². The molecule has 0 fully saturated rings. The molecular weight excluding hydrogens is 395 g/mol. The Labute approximate surface area is 177 Å². The Morgan fingerprint density at radius 2 is 1.31 bits per heavy atom. The van der Waals surface area contributed by atoms with Crippen LogP contribution in [-0.4, -0.2) is 59.3 Å². The Bertz CT molecular complexity index is 520. The van der Waals surface area contributed by atoms with Gasteiger partial charge in [0.05, 0.1) is 6.10 Å². The van der Waals surface area contributed by atoms with Crippen LogP contribution in [0.25, 0.3) is 0 Å².